The number of carbonyl (C=O) groups is 1. The van der Waals surface area contributed by atoms with Gasteiger partial charge in [-0.25, -0.2) is 9.78 Å². The summed E-state index contributed by atoms with van der Waals surface area (Å²) >= 11 is 0. The molecule has 9 heteroatoms. The molecular weight excluding hydrogens is 360 g/mol. The van der Waals surface area contributed by atoms with Crippen molar-refractivity contribution >= 4 is 17.9 Å². The fourth-order valence-corrected chi connectivity index (χ4v) is 3.45. The molecule has 2 aliphatic rings. The lowest BCUT2D eigenvalue weighted by Crippen LogP contribution is -2.53. The summed E-state index contributed by atoms with van der Waals surface area (Å²) in [5, 5.41) is 3.45. The Morgan fingerprint density at radius 2 is 1.93 bits per heavy atom. The molecule has 3 rings (SSSR count). The smallest absolute Gasteiger partial charge is 0.409 e. The van der Waals surface area contributed by atoms with Gasteiger partial charge in [-0.05, 0) is 13.0 Å². The Morgan fingerprint density at radius 3 is 2.61 bits per heavy atom. The summed E-state index contributed by atoms with van der Waals surface area (Å²) in [6.07, 6.45) is 1.59. The van der Waals surface area contributed by atoms with E-state index in [0.29, 0.717) is 26.2 Å². The molecule has 0 bridgehead atoms. The first-order chi connectivity index (χ1) is 13.7. The van der Waals surface area contributed by atoms with Crippen LogP contribution >= 0.6 is 0 Å². The maximum Gasteiger partial charge on any atom is 0.409 e. The van der Waals surface area contributed by atoms with Crippen molar-refractivity contribution in [2.75, 3.05) is 71.0 Å². The lowest BCUT2D eigenvalue weighted by atomic mass is 10.2. The van der Waals surface area contributed by atoms with Gasteiger partial charge in [-0.3, -0.25) is 4.99 Å². The number of piperazine rings is 1. The van der Waals surface area contributed by atoms with E-state index in [0.717, 1.165) is 56.7 Å². The summed E-state index contributed by atoms with van der Waals surface area (Å²) < 4.78 is 10.5. The van der Waals surface area contributed by atoms with E-state index >= 15 is 0 Å². The lowest BCUT2D eigenvalue weighted by Gasteiger charge is -2.36. The highest BCUT2D eigenvalue weighted by Gasteiger charge is 2.24. The van der Waals surface area contributed by atoms with Gasteiger partial charge < -0.3 is 29.5 Å². The Labute approximate surface area is 166 Å². The zero-order valence-corrected chi connectivity index (χ0v) is 16.8. The van der Waals surface area contributed by atoms with Crippen molar-refractivity contribution in [2.45, 2.75) is 13.5 Å². The second-order valence-electron chi connectivity index (χ2n) is 6.66. The van der Waals surface area contributed by atoms with E-state index < -0.39 is 0 Å². The summed E-state index contributed by atoms with van der Waals surface area (Å²) in [5.74, 6) is 1.83. The van der Waals surface area contributed by atoms with Crippen molar-refractivity contribution in [3.05, 3.63) is 23.9 Å². The second-order valence-corrected chi connectivity index (χ2v) is 6.66. The van der Waals surface area contributed by atoms with Crippen LogP contribution in [-0.4, -0.2) is 93.0 Å². The van der Waals surface area contributed by atoms with Crippen LogP contribution in [0.4, 0.5) is 10.6 Å². The molecule has 154 valence electrons. The van der Waals surface area contributed by atoms with Crippen LogP contribution in [-0.2, 0) is 16.0 Å². The highest BCUT2D eigenvalue weighted by molar-refractivity contribution is 5.80. The predicted molar refractivity (Wildman–Crippen MR) is 108 cm³/mol. The molecule has 3 heterocycles. The number of morpholine rings is 1. The lowest BCUT2D eigenvalue weighted by molar-refractivity contribution is 0.0914. The maximum atomic E-state index is 11.9. The van der Waals surface area contributed by atoms with Crippen LogP contribution in [0.1, 0.15) is 12.5 Å². The zero-order valence-electron chi connectivity index (χ0n) is 16.8. The van der Waals surface area contributed by atoms with Gasteiger partial charge in [0.15, 0.2) is 5.96 Å². The van der Waals surface area contributed by atoms with Crippen molar-refractivity contribution in [1.82, 2.24) is 20.1 Å². The van der Waals surface area contributed by atoms with Gasteiger partial charge in [-0.1, -0.05) is 6.07 Å². The van der Waals surface area contributed by atoms with Crippen LogP contribution in [0.3, 0.4) is 0 Å². The summed E-state index contributed by atoms with van der Waals surface area (Å²) in [4.78, 5) is 27.0. The number of ether oxygens (including phenoxy) is 2. The van der Waals surface area contributed by atoms with E-state index in [1.165, 1.54) is 0 Å². The number of hydrogen-bond donors (Lipinski definition) is 1. The summed E-state index contributed by atoms with van der Waals surface area (Å²) in [7, 11) is 1.78. The van der Waals surface area contributed by atoms with Gasteiger partial charge in [-0.2, -0.15) is 0 Å². The van der Waals surface area contributed by atoms with Gasteiger partial charge in [0.05, 0.1) is 19.8 Å². The minimum absolute atomic E-state index is 0.240. The number of carbonyl (C=O) groups excluding carboxylic acids is 1. The highest BCUT2D eigenvalue weighted by Crippen LogP contribution is 2.18. The molecule has 2 aliphatic heterocycles. The molecule has 1 aromatic heterocycles. The van der Waals surface area contributed by atoms with Crippen molar-refractivity contribution in [2.24, 2.45) is 4.99 Å². The Kier molecular flexibility index (Phi) is 7.30. The average Bonchev–Trinajstić information content (AvgIpc) is 2.76. The summed E-state index contributed by atoms with van der Waals surface area (Å²) in [6.45, 7) is 8.75. The topological polar surface area (TPSA) is 82.5 Å². The van der Waals surface area contributed by atoms with Crippen molar-refractivity contribution in [3.8, 4) is 0 Å². The van der Waals surface area contributed by atoms with Gasteiger partial charge in [0.1, 0.15) is 5.82 Å². The standard InChI is InChI=1S/C19H30N6O3/c1-3-28-19(26)25-9-7-24(8-10-25)18(20-2)22-15-16-5-4-6-21-17(16)23-11-13-27-14-12-23/h4-6H,3,7-15H2,1-2H3,(H,20,22). The number of aliphatic imine (C=N–C) groups is 1. The van der Waals surface area contributed by atoms with Gasteiger partial charge in [0, 0.05) is 64.6 Å². The minimum atomic E-state index is -0.240. The van der Waals surface area contributed by atoms with E-state index in [4.69, 9.17) is 9.47 Å². The first-order valence-corrected chi connectivity index (χ1v) is 9.86. The van der Waals surface area contributed by atoms with Crippen molar-refractivity contribution in [3.63, 3.8) is 0 Å². The average molecular weight is 390 g/mol. The predicted octanol–water partition coefficient (Wildman–Crippen LogP) is 0.768. The van der Waals surface area contributed by atoms with E-state index in [2.05, 4.69) is 31.2 Å². The molecule has 28 heavy (non-hydrogen) atoms. The largest absolute Gasteiger partial charge is 0.450 e. The molecule has 0 unspecified atom stereocenters. The van der Waals surface area contributed by atoms with Gasteiger partial charge >= 0.3 is 6.09 Å². The van der Waals surface area contributed by atoms with Gasteiger partial charge in [-0.15, -0.1) is 0 Å². The highest BCUT2D eigenvalue weighted by atomic mass is 16.6. The number of anilines is 1. The Hall–Kier alpha value is -2.55. The third kappa shape index (κ3) is 5.03. The zero-order chi connectivity index (χ0) is 19.8. The molecule has 0 aliphatic carbocycles. The second kappa shape index (κ2) is 10.1. The molecule has 2 saturated heterocycles. The van der Waals surface area contributed by atoms with Crippen LogP contribution in [0.15, 0.2) is 23.3 Å². The molecule has 0 spiro atoms. The number of hydrogen-bond acceptors (Lipinski definition) is 6. The third-order valence-corrected chi connectivity index (χ3v) is 4.93. The number of aromatic nitrogens is 1. The fraction of sp³-hybridized carbons (Fsp3) is 0.632. The molecular formula is C19H30N6O3. The van der Waals surface area contributed by atoms with Crippen LogP contribution < -0.4 is 10.2 Å². The monoisotopic (exact) mass is 390 g/mol. The van der Waals surface area contributed by atoms with E-state index in [1.54, 1.807) is 11.9 Å². The molecule has 1 aromatic rings. The molecule has 1 amide bonds. The molecule has 1 N–H and O–H groups in total. The van der Waals surface area contributed by atoms with Gasteiger partial charge in [0.2, 0.25) is 0 Å². The summed E-state index contributed by atoms with van der Waals surface area (Å²) in [5.41, 5.74) is 1.13. The van der Waals surface area contributed by atoms with E-state index in [-0.39, 0.29) is 6.09 Å². The minimum Gasteiger partial charge on any atom is -0.450 e. The van der Waals surface area contributed by atoms with Crippen molar-refractivity contribution in [1.29, 1.82) is 0 Å². The SMILES string of the molecule is CCOC(=O)N1CCN(C(=NC)NCc2cccnc2N2CCOCC2)CC1. The Balaban J connectivity index is 1.56. The molecule has 0 aromatic carbocycles. The molecule has 0 saturated carbocycles. The fourth-order valence-electron chi connectivity index (χ4n) is 3.45. The van der Waals surface area contributed by atoms with E-state index in [9.17, 15) is 4.79 Å². The number of nitrogens with one attached hydrogen (secondary N) is 1. The Morgan fingerprint density at radius 1 is 1.21 bits per heavy atom. The number of nitrogens with zero attached hydrogens (tertiary/aromatic N) is 5. The Bertz CT molecular complexity index is 669. The van der Waals surface area contributed by atoms with Crippen LogP contribution in [0, 0.1) is 0 Å². The first-order valence-electron chi connectivity index (χ1n) is 9.86. The van der Waals surface area contributed by atoms with Crippen molar-refractivity contribution < 1.29 is 14.3 Å². The van der Waals surface area contributed by atoms with Crippen LogP contribution in [0.25, 0.3) is 0 Å². The molecule has 9 nitrogen and oxygen atoms in total. The van der Waals surface area contributed by atoms with Gasteiger partial charge in [0.25, 0.3) is 0 Å². The van der Waals surface area contributed by atoms with Crippen LogP contribution in [0.2, 0.25) is 0 Å². The number of guanidine groups is 1. The molecule has 0 atom stereocenters. The number of pyridine rings is 1. The maximum absolute atomic E-state index is 11.9. The molecule has 0 radical (unpaired) electrons. The number of amides is 1. The normalized spacial score (nSPS) is 18.2. The number of rotatable bonds is 4. The summed E-state index contributed by atoms with van der Waals surface area (Å²) in [6, 6.07) is 4.05. The van der Waals surface area contributed by atoms with Crippen LogP contribution in [0.5, 0.6) is 0 Å². The quantitative estimate of drug-likeness (QED) is 0.601. The first kappa shape index (κ1) is 20.2. The molecule has 2 fully saturated rings. The third-order valence-electron chi connectivity index (χ3n) is 4.93. The van der Waals surface area contributed by atoms with E-state index in [1.807, 2.05) is 19.2 Å².